The second kappa shape index (κ2) is 4.82. The van der Waals surface area contributed by atoms with E-state index in [2.05, 4.69) is 31.9 Å². The quantitative estimate of drug-likeness (QED) is 0.784. The summed E-state index contributed by atoms with van der Waals surface area (Å²) in [4.78, 5) is 19.5. The summed E-state index contributed by atoms with van der Waals surface area (Å²) in [5.74, 6) is 0.159. The number of halogens is 1. The molecular formula is C11H14BrN3O. The summed E-state index contributed by atoms with van der Waals surface area (Å²) >= 11 is 3.41. The predicted octanol–water partition coefficient (Wildman–Crippen LogP) is 1.51. The molecular weight excluding hydrogens is 270 g/mol. The number of carbonyl (C=O) groups excluding carboxylic acids is 1. The van der Waals surface area contributed by atoms with Crippen LogP contribution in [0, 0.1) is 0 Å². The number of piperazine rings is 1. The fourth-order valence-corrected chi connectivity index (χ4v) is 2.21. The van der Waals surface area contributed by atoms with Crippen LogP contribution in [0.25, 0.3) is 0 Å². The summed E-state index contributed by atoms with van der Waals surface area (Å²) in [6, 6.07) is 2.05. The third kappa shape index (κ3) is 2.52. The van der Waals surface area contributed by atoms with Gasteiger partial charge in [-0.3, -0.25) is 9.78 Å². The Bertz CT molecular complexity index is 389. The first kappa shape index (κ1) is 11.4. The zero-order chi connectivity index (χ0) is 11.5. The van der Waals surface area contributed by atoms with Crippen molar-refractivity contribution in [3.8, 4) is 0 Å². The molecule has 1 amide bonds. The number of hydrogen-bond donors (Lipinski definition) is 0. The average Bonchev–Trinajstić information content (AvgIpc) is 2.29. The van der Waals surface area contributed by atoms with Gasteiger partial charge < -0.3 is 9.80 Å². The van der Waals surface area contributed by atoms with Crippen LogP contribution in [0.1, 0.15) is 6.92 Å². The molecule has 0 atom stereocenters. The number of hydrogen-bond acceptors (Lipinski definition) is 3. The van der Waals surface area contributed by atoms with Crippen LogP contribution in [0.5, 0.6) is 0 Å². The molecule has 0 aromatic carbocycles. The molecule has 4 nitrogen and oxygen atoms in total. The van der Waals surface area contributed by atoms with Crippen molar-refractivity contribution in [2.24, 2.45) is 0 Å². The molecule has 1 fully saturated rings. The van der Waals surface area contributed by atoms with E-state index in [4.69, 9.17) is 0 Å². The number of carbonyl (C=O) groups is 1. The Kier molecular flexibility index (Phi) is 3.43. The third-order valence-electron chi connectivity index (χ3n) is 2.78. The van der Waals surface area contributed by atoms with Gasteiger partial charge in [-0.05, 0) is 22.0 Å². The lowest BCUT2D eigenvalue weighted by molar-refractivity contribution is -0.129. The highest BCUT2D eigenvalue weighted by atomic mass is 79.9. The Morgan fingerprint density at radius 2 is 2.00 bits per heavy atom. The van der Waals surface area contributed by atoms with E-state index < -0.39 is 0 Å². The maximum absolute atomic E-state index is 11.2. The Hall–Kier alpha value is -1.10. The number of rotatable bonds is 1. The second-order valence-electron chi connectivity index (χ2n) is 3.85. The Morgan fingerprint density at radius 3 is 2.56 bits per heavy atom. The van der Waals surface area contributed by atoms with Crippen molar-refractivity contribution in [3.05, 3.63) is 22.9 Å². The zero-order valence-electron chi connectivity index (χ0n) is 9.19. The van der Waals surface area contributed by atoms with E-state index in [-0.39, 0.29) is 5.91 Å². The SMILES string of the molecule is CC(=O)N1CCN(c2cncc(Br)c2)CC1. The van der Waals surface area contributed by atoms with E-state index in [9.17, 15) is 4.79 Å². The van der Waals surface area contributed by atoms with Crippen LogP contribution < -0.4 is 4.90 Å². The number of anilines is 1. The predicted molar refractivity (Wildman–Crippen MR) is 66.4 cm³/mol. The largest absolute Gasteiger partial charge is 0.367 e. The van der Waals surface area contributed by atoms with E-state index in [0.717, 1.165) is 36.3 Å². The molecule has 0 spiro atoms. The lowest BCUT2D eigenvalue weighted by Crippen LogP contribution is -2.48. The molecule has 0 aliphatic carbocycles. The van der Waals surface area contributed by atoms with Crippen molar-refractivity contribution in [1.82, 2.24) is 9.88 Å². The van der Waals surface area contributed by atoms with Gasteiger partial charge in [0.25, 0.3) is 0 Å². The summed E-state index contributed by atoms with van der Waals surface area (Å²) in [5.41, 5.74) is 1.11. The van der Waals surface area contributed by atoms with E-state index >= 15 is 0 Å². The topological polar surface area (TPSA) is 36.4 Å². The van der Waals surface area contributed by atoms with Crippen molar-refractivity contribution in [3.63, 3.8) is 0 Å². The first-order chi connectivity index (χ1) is 7.66. The fraction of sp³-hybridized carbons (Fsp3) is 0.455. The first-order valence-electron chi connectivity index (χ1n) is 5.28. The van der Waals surface area contributed by atoms with Gasteiger partial charge in [-0.1, -0.05) is 0 Å². The normalized spacial score (nSPS) is 16.4. The Labute approximate surface area is 103 Å². The van der Waals surface area contributed by atoms with Crippen molar-refractivity contribution >= 4 is 27.5 Å². The molecule has 1 aliphatic heterocycles. The molecule has 1 aromatic rings. The van der Waals surface area contributed by atoms with Crippen LogP contribution in [0.3, 0.4) is 0 Å². The van der Waals surface area contributed by atoms with Crippen molar-refractivity contribution in [2.75, 3.05) is 31.1 Å². The molecule has 16 heavy (non-hydrogen) atoms. The summed E-state index contributed by atoms with van der Waals surface area (Å²) in [6.07, 6.45) is 3.63. The van der Waals surface area contributed by atoms with Crippen molar-refractivity contribution < 1.29 is 4.79 Å². The standard InChI is InChI=1S/C11H14BrN3O/c1-9(16)14-2-4-15(5-3-14)11-6-10(12)7-13-8-11/h6-8H,2-5H2,1H3. The Morgan fingerprint density at radius 1 is 1.31 bits per heavy atom. The third-order valence-corrected chi connectivity index (χ3v) is 3.21. The van der Waals surface area contributed by atoms with E-state index in [1.54, 1.807) is 13.1 Å². The van der Waals surface area contributed by atoms with Gasteiger partial charge in [-0.15, -0.1) is 0 Å². The minimum atomic E-state index is 0.159. The molecule has 1 saturated heterocycles. The maximum atomic E-state index is 11.2. The van der Waals surface area contributed by atoms with Crippen molar-refractivity contribution in [1.29, 1.82) is 0 Å². The zero-order valence-corrected chi connectivity index (χ0v) is 10.8. The molecule has 2 heterocycles. The van der Waals surface area contributed by atoms with Gasteiger partial charge >= 0.3 is 0 Å². The Balaban J connectivity index is 2.01. The highest BCUT2D eigenvalue weighted by molar-refractivity contribution is 9.10. The lowest BCUT2D eigenvalue weighted by Gasteiger charge is -2.35. The van der Waals surface area contributed by atoms with Gasteiger partial charge in [-0.2, -0.15) is 0 Å². The molecule has 0 saturated carbocycles. The number of nitrogens with zero attached hydrogens (tertiary/aromatic N) is 3. The van der Waals surface area contributed by atoms with Gasteiger partial charge in [0.2, 0.25) is 5.91 Å². The maximum Gasteiger partial charge on any atom is 0.219 e. The van der Waals surface area contributed by atoms with E-state index in [0.29, 0.717) is 0 Å². The highest BCUT2D eigenvalue weighted by Gasteiger charge is 2.18. The second-order valence-corrected chi connectivity index (χ2v) is 4.77. The van der Waals surface area contributed by atoms with Gasteiger partial charge in [0.1, 0.15) is 0 Å². The molecule has 86 valence electrons. The van der Waals surface area contributed by atoms with Crippen LogP contribution in [-0.2, 0) is 4.79 Å². The molecule has 1 aliphatic rings. The van der Waals surface area contributed by atoms with Crippen LogP contribution in [0.15, 0.2) is 22.9 Å². The molecule has 0 radical (unpaired) electrons. The highest BCUT2D eigenvalue weighted by Crippen LogP contribution is 2.19. The first-order valence-corrected chi connectivity index (χ1v) is 6.07. The minimum absolute atomic E-state index is 0.159. The van der Waals surface area contributed by atoms with Crippen molar-refractivity contribution in [2.45, 2.75) is 6.92 Å². The van der Waals surface area contributed by atoms with Gasteiger partial charge in [0, 0.05) is 43.8 Å². The summed E-state index contributed by atoms with van der Waals surface area (Å²) < 4.78 is 0.985. The average molecular weight is 284 g/mol. The number of amides is 1. The fourth-order valence-electron chi connectivity index (χ4n) is 1.85. The van der Waals surface area contributed by atoms with E-state index in [1.165, 1.54) is 0 Å². The van der Waals surface area contributed by atoms with Crippen LogP contribution in [0.2, 0.25) is 0 Å². The van der Waals surface area contributed by atoms with Crippen LogP contribution >= 0.6 is 15.9 Å². The van der Waals surface area contributed by atoms with Gasteiger partial charge in [-0.25, -0.2) is 0 Å². The summed E-state index contributed by atoms with van der Waals surface area (Å²) in [6.45, 7) is 4.95. The number of pyridine rings is 1. The summed E-state index contributed by atoms with van der Waals surface area (Å²) in [7, 11) is 0. The molecule has 5 heteroatoms. The van der Waals surface area contributed by atoms with Crippen LogP contribution in [0.4, 0.5) is 5.69 Å². The van der Waals surface area contributed by atoms with Crippen LogP contribution in [-0.4, -0.2) is 42.0 Å². The molecule has 0 N–H and O–H groups in total. The molecule has 0 bridgehead atoms. The molecule has 1 aromatic heterocycles. The molecule has 2 rings (SSSR count). The summed E-state index contributed by atoms with van der Waals surface area (Å²) in [5, 5.41) is 0. The minimum Gasteiger partial charge on any atom is -0.367 e. The van der Waals surface area contributed by atoms with E-state index in [1.807, 2.05) is 11.1 Å². The van der Waals surface area contributed by atoms with Gasteiger partial charge in [0.15, 0.2) is 0 Å². The smallest absolute Gasteiger partial charge is 0.219 e. The van der Waals surface area contributed by atoms with Gasteiger partial charge in [0.05, 0.1) is 11.9 Å². The monoisotopic (exact) mass is 283 g/mol. The lowest BCUT2D eigenvalue weighted by atomic mass is 10.3. The molecule has 0 unspecified atom stereocenters. The number of aromatic nitrogens is 1.